The molecule has 0 amide bonds. The van der Waals surface area contributed by atoms with Crippen LogP contribution in [0.4, 0.5) is 0 Å². The van der Waals surface area contributed by atoms with Crippen LogP contribution in [0.25, 0.3) is 32.7 Å². The second-order valence-electron chi connectivity index (χ2n) is 12.6. The van der Waals surface area contributed by atoms with Crippen LogP contribution < -0.4 is 0 Å². The Bertz CT molecular complexity index is 2060. The third kappa shape index (κ3) is 8.87. The first-order valence-corrected chi connectivity index (χ1v) is 17.1. The van der Waals surface area contributed by atoms with E-state index in [2.05, 4.69) is 196 Å². The molecule has 7 aromatic carbocycles. The summed E-state index contributed by atoms with van der Waals surface area (Å²) in [5.74, 6) is 0. The zero-order valence-electron chi connectivity index (χ0n) is 28.1. The van der Waals surface area contributed by atoms with Gasteiger partial charge in [-0.2, -0.15) is 0 Å². The summed E-state index contributed by atoms with van der Waals surface area (Å²) in [6.45, 7) is 4.22. The summed E-state index contributed by atoms with van der Waals surface area (Å²) >= 11 is 0. The molecule has 0 saturated carbocycles. The van der Waals surface area contributed by atoms with Crippen LogP contribution >= 0.6 is 0 Å². The van der Waals surface area contributed by atoms with Gasteiger partial charge in [-0.1, -0.05) is 199 Å². The maximum atomic E-state index is 2.27. The molecule has 0 atom stereocenters. The molecule has 0 radical (unpaired) electrons. The molecule has 0 aliphatic heterocycles. The van der Waals surface area contributed by atoms with Crippen molar-refractivity contribution in [3.63, 3.8) is 0 Å². The lowest BCUT2D eigenvalue weighted by Gasteiger charge is -2.11. The normalized spacial score (nSPS) is 12.0. The average Bonchev–Trinajstić information content (AvgIpc) is 3.14. The van der Waals surface area contributed by atoms with Gasteiger partial charge in [-0.25, -0.2) is 0 Å². The van der Waals surface area contributed by atoms with Gasteiger partial charge in [0.15, 0.2) is 0 Å². The van der Waals surface area contributed by atoms with Crippen LogP contribution in [0.15, 0.2) is 188 Å². The molecule has 1 aliphatic rings. The molecule has 0 heterocycles. The highest BCUT2D eigenvalue weighted by atomic mass is 14.1. The smallest absolute Gasteiger partial charge is 0.00196 e. The van der Waals surface area contributed by atoms with E-state index in [1.165, 1.54) is 73.3 Å². The predicted octanol–water partition coefficient (Wildman–Crippen LogP) is 13.1. The van der Waals surface area contributed by atoms with Crippen molar-refractivity contribution in [2.75, 3.05) is 0 Å². The predicted molar refractivity (Wildman–Crippen MR) is 209 cm³/mol. The minimum absolute atomic E-state index is 1.00. The van der Waals surface area contributed by atoms with Crippen LogP contribution in [0, 0.1) is 13.8 Å². The zero-order chi connectivity index (χ0) is 33.0. The molecular weight excluding hydrogens is 577 g/mol. The van der Waals surface area contributed by atoms with Crippen molar-refractivity contribution in [3.05, 3.63) is 215 Å². The molecule has 0 spiro atoms. The lowest BCUT2D eigenvalue weighted by atomic mass is 9.94. The SMILES string of the molecule is C1=CCCC(Cc2cccc3ccccc23)=C1.Cc1ccc(-c2ccc(C)cc2)cc1.c1ccc(Cc2cccc3ccccc23)cc1. The quantitative estimate of drug-likeness (QED) is 0.180. The highest BCUT2D eigenvalue weighted by molar-refractivity contribution is 5.86. The van der Waals surface area contributed by atoms with Gasteiger partial charge >= 0.3 is 0 Å². The van der Waals surface area contributed by atoms with Gasteiger partial charge in [0.05, 0.1) is 0 Å². The van der Waals surface area contributed by atoms with Gasteiger partial charge in [-0.05, 0) is 88.9 Å². The Morgan fingerprint density at radius 2 is 0.917 bits per heavy atom. The van der Waals surface area contributed by atoms with Gasteiger partial charge in [0, 0.05) is 0 Å². The number of aryl methyl sites for hydroxylation is 2. The molecule has 0 nitrogen and oxygen atoms in total. The maximum Gasteiger partial charge on any atom is -0.00196 e. The van der Waals surface area contributed by atoms with Crippen LogP contribution in [0.2, 0.25) is 0 Å². The van der Waals surface area contributed by atoms with Crippen molar-refractivity contribution in [3.8, 4) is 11.1 Å². The molecule has 0 aromatic heterocycles. The Hall–Kier alpha value is -5.46. The van der Waals surface area contributed by atoms with E-state index >= 15 is 0 Å². The van der Waals surface area contributed by atoms with E-state index in [1.807, 2.05) is 0 Å². The van der Waals surface area contributed by atoms with Crippen LogP contribution in [-0.4, -0.2) is 0 Å². The van der Waals surface area contributed by atoms with Gasteiger partial charge in [-0.3, -0.25) is 0 Å². The fourth-order valence-corrected chi connectivity index (χ4v) is 6.25. The first kappa shape index (κ1) is 32.5. The molecule has 0 bridgehead atoms. The van der Waals surface area contributed by atoms with Crippen LogP contribution in [0.5, 0.6) is 0 Å². The van der Waals surface area contributed by atoms with E-state index in [0.29, 0.717) is 0 Å². The van der Waals surface area contributed by atoms with Gasteiger partial charge in [0.2, 0.25) is 0 Å². The van der Waals surface area contributed by atoms with Crippen molar-refractivity contribution >= 4 is 21.5 Å². The number of hydrogen-bond acceptors (Lipinski definition) is 0. The molecule has 0 N–H and O–H groups in total. The summed E-state index contributed by atoms with van der Waals surface area (Å²) in [5, 5.41) is 5.42. The molecule has 236 valence electrons. The lowest BCUT2D eigenvalue weighted by molar-refractivity contribution is 0.914. The number of benzene rings is 7. The van der Waals surface area contributed by atoms with Gasteiger partial charge < -0.3 is 0 Å². The van der Waals surface area contributed by atoms with E-state index in [-0.39, 0.29) is 0 Å². The minimum atomic E-state index is 1.00. The fourth-order valence-electron chi connectivity index (χ4n) is 6.25. The molecule has 0 saturated heterocycles. The molecule has 0 fully saturated rings. The topological polar surface area (TPSA) is 0 Å². The highest BCUT2D eigenvalue weighted by Gasteiger charge is 2.05. The summed E-state index contributed by atoms with van der Waals surface area (Å²) in [4.78, 5) is 0. The summed E-state index contributed by atoms with van der Waals surface area (Å²) < 4.78 is 0. The van der Waals surface area contributed by atoms with Crippen molar-refractivity contribution in [1.82, 2.24) is 0 Å². The third-order valence-electron chi connectivity index (χ3n) is 8.95. The summed E-state index contributed by atoms with van der Waals surface area (Å²) in [7, 11) is 0. The Morgan fingerprint density at radius 1 is 0.438 bits per heavy atom. The number of rotatable bonds is 5. The summed E-state index contributed by atoms with van der Waals surface area (Å²) in [6.07, 6.45) is 11.2. The van der Waals surface area contributed by atoms with E-state index in [4.69, 9.17) is 0 Å². The third-order valence-corrected chi connectivity index (χ3v) is 8.95. The molecule has 1 aliphatic carbocycles. The standard InChI is InChI=1S/C17H16.C17H14.C14H14/c2*1-2-7-14(8-3-1)13-16-11-6-10-15-9-4-5-12-17(15)16;1-11-3-7-13(8-4-11)14-9-5-12(2)6-10-14/h1-2,4-7,9-12H,3,8,13H2;1-12H,13H2;3-10H,1-2H3. The maximum absolute atomic E-state index is 2.27. The van der Waals surface area contributed by atoms with Crippen LogP contribution in [0.3, 0.4) is 0 Å². The molecule has 8 rings (SSSR count). The summed E-state index contributed by atoms with van der Waals surface area (Å²) in [6, 6.07) is 58.2. The highest BCUT2D eigenvalue weighted by Crippen LogP contribution is 2.25. The Balaban J connectivity index is 0.000000126. The van der Waals surface area contributed by atoms with Crippen molar-refractivity contribution in [1.29, 1.82) is 0 Å². The van der Waals surface area contributed by atoms with Crippen molar-refractivity contribution in [2.45, 2.75) is 39.5 Å². The van der Waals surface area contributed by atoms with E-state index < -0.39 is 0 Å². The first-order valence-electron chi connectivity index (χ1n) is 17.1. The van der Waals surface area contributed by atoms with Gasteiger partial charge in [-0.15, -0.1) is 0 Å². The van der Waals surface area contributed by atoms with E-state index in [0.717, 1.165) is 12.8 Å². The monoisotopic (exact) mass is 620 g/mol. The molecular formula is C48H44. The van der Waals surface area contributed by atoms with Crippen LogP contribution in [-0.2, 0) is 12.8 Å². The first-order chi connectivity index (χ1) is 23.6. The molecule has 0 unspecified atom stereocenters. The zero-order valence-corrected chi connectivity index (χ0v) is 28.1. The number of fused-ring (bicyclic) bond motifs is 2. The second kappa shape index (κ2) is 16.4. The largest absolute Gasteiger partial charge is 0.0842 e. The van der Waals surface area contributed by atoms with Crippen molar-refractivity contribution < 1.29 is 0 Å². The number of allylic oxidation sites excluding steroid dienone is 4. The molecule has 0 heteroatoms. The second-order valence-corrected chi connectivity index (χ2v) is 12.6. The van der Waals surface area contributed by atoms with Gasteiger partial charge in [0.1, 0.15) is 0 Å². The molecule has 48 heavy (non-hydrogen) atoms. The fraction of sp³-hybridized carbons (Fsp3) is 0.125. The van der Waals surface area contributed by atoms with Crippen LogP contribution in [0.1, 0.15) is 40.7 Å². The Kier molecular flexibility index (Phi) is 11.1. The van der Waals surface area contributed by atoms with Crippen molar-refractivity contribution in [2.24, 2.45) is 0 Å². The van der Waals surface area contributed by atoms with E-state index in [9.17, 15) is 0 Å². The number of hydrogen-bond donors (Lipinski definition) is 0. The molecule has 7 aromatic rings. The summed E-state index contributed by atoms with van der Waals surface area (Å²) in [5.41, 5.74) is 10.9. The van der Waals surface area contributed by atoms with Gasteiger partial charge in [0.25, 0.3) is 0 Å². The Labute approximate surface area is 286 Å². The Morgan fingerprint density at radius 3 is 1.44 bits per heavy atom. The minimum Gasteiger partial charge on any atom is -0.0842 e. The lowest BCUT2D eigenvalue weighted by Crippen LogP contribution is -1.94. The van der Waals surface area contributed by atoms with E-state index in [1.54, 1.807) is 5.57 Å². The average molecular weight is 621 g/mol.